The molecule has 2 atom stereocenters. The predicted molar refractivity (Wildman–Crippen MR) is 81.4 cm³/mol. The van der Waals surface area contributed by atoms with Crippen molar-refractivity contribution in [3.05, 3.63) is 0 Å². The van der Waals surface area contributed by atoms with E-state index in [9.17, 15) is 4.79 Å². The van der Waals surface area contributed by atoms with Crippen molar-refractivity contribution in [2.75, 3.05) is 0 Å². The first-order valence-electron chi connectivity index (χ1n) is 7.80. The van der Waals surface area contributed by atoms with Gasteiger partial charge in [0.1, 0.15) is 0 Å². The van der Waals surface area contributed by atoms with Gasteiger partial charge in [-0.15, -0.1) is 12.4 Å². The molecular formula is C15H29ClN2O. The largest absolute Gasteiger partial charge is 0.353 e. The number of hydrogen-bond acceptors (Lipinski definition) is 2. The molecule has 0 radical (unpaired) electrons. The highest BCUT2D eigenvalue weighted by molar-refractivity contribution is 5.85. The Morgan fingerprint density at radius 2 is 1.53 bits per heavy atom. The summed E-state index contributed by atoms with van der Waals surface area (Å²) in [5.41, 5.74) is 6.11. The van der Waals surface area contributed by atoms with Crippen LogP contribution in [0, 0.1) is 5.92 Å². The number of nitrogens with two attached hydrogens (primary N) is 1. The third kappa shape index (κ3) is 5.70. The van der Waals surface area contributed by atoms with Crippen LogP contribution in [0.15, 0.2) is 0 Å². The lowest BCUT2D eigenvalue weighted by Gasteiger charge is -2.28. The fourth-order valence-corrected chi connectivity index (χ4v) is 3.44. The van der Waals surface area contributed by atoms with Crippen molar-refractivity contribution < 1.29 is 4.79 Å². The lowest BCUT2D eigenvalue weighted by molar-refractivity contribution is -0.123. The number of nitrogens with one attached hydrogen (secondary N) is 1. The van der Waals surface area contributed by atoms with Gasteiger partial charge in [-0.1, -0.05) is 38.5 Å². The first-order valence-corrected chi connectivity index (χ1v) is 7.80. The molecular weight excluding hydrogens is 260 g/mol. The molecule has 2 rings (SSSR count). The SMILES string of the molecule is Cl.NC1CCCCC1CC(=O)NC1CCCCCC1. The van der Waals surface area contributed by atoms with E-state index in [1.807, 2.05) is 0 Å². The molecule has 0 spiro atoms. The van der Waals surface area contributed by atoms with E-state index in [1.165, 1.54) is 51.4 Å². The number of carbonyl (C=O) groups excluding carboxylic acids is 1. The van der Waals surface area contributed by atoms with Crippen molar-refractivity contribution in [3.63, 3.8) is 0 Å². The van der Waals surface area contributed by atoms with Crippen LogP contribution in [0.25, 0.3) is 0 Å². The molecule has 0 aromatic heterocycles. The summed E-state index contributed by atoms with van der Waals surface area (Å²) in [6, 6.07) is 0.679. The van der Waals surface area contributed by atoms with Crippen molar-refractivity contribution in [1.29, 1.82) is 0 Å². The van der Waals surface area contributed by atoms with Crippen LogP contribution in [0.1, 0.15) is 70.6 Å². The van der Waals surface area contributed by atoms with Crippen molar-refractivity contribution in [3.8, 4) is 0 Å². The van der Waals surface area contributed by atoms with Gasteiger partial charge in [0.25, 0.3) is 0 Å². The molecule has 2 aliphatic rings. The molecule has 0 aliphatic heterocycles. The number of carbonyl (C=O) groups is 1. The van der Waals surface area contributed by atoms with Gasteiger partial charge < -0.3 is 11.1 Å². The van der Waals surface area contributed by atoms with E-state index in [0.29, 0.717) is 18.4 Å². The second-order valence-corrected chi connectivity index (χ2v) is 6.17. The molecule has 19 heavy (non-hydrogen) atoms. The van der Waals surface area contributed by atoms with E-state index in [-0.39, 0.29) is 24.4 Å². The topological polar surface area (TPSA) is 55.1 Å². The fraction of sp³-hybridized carbons (Fsp3) is 0.933. The Morgan fingerprint density at radius 3 is 2.16 bits per heavy atom. The maximum Gasteiger partial charge on any atom is 0.220 e. The van der Waals surface area contributed by atoms with Crippen molar-refractivity contribution in [2.45, 2.75) is 82.7 Å². The quantitative estimate of drug-likeness (QED) is 0.784. The molecule has 0 aromatic carbocycles. The van der Waals surface area contributed by atoms with Gasteiger partial charge in [-0.3, -0.25) is 4.79 Å². The number of hydrogen-bond donors (Lipinski definition) is 2. The molecule has 2 unspecified atom stereocenters. The highest BCUT2D eigenvalue weighted by Gasteiger charge is 2.25. The Labute approximate surface area is 123 Å². The summed E-state index contributed by atoms with van der Waals surface area (Å²) in [5, 5.41) is 3.23. The lowest BCUT2D eigenvalue weighted by Crippen LogP contribution is -2.40. The van der Waals surface area contributed by atoms with E-state index >= 15 is 0 Å². The smallest absolute Gasteiger partial charge is 0.220 e. The Morgan fingerprint density at radius 1 is 0.947 bits per heavy atom. The lowest BCUT2D eigenvalue weighted by atomic mass is 9.83. The molecule has 0 saturated heterocycles. The second-order valence-electron chi connectivity index (χ2n) is 6.17. The van der Waals surface area contributed by atoms with Gasteiger partial charge in [0.2, 0.25) is 5.91 Å². The summed E-state index contributed by atoms with van der Waals surface area (Å²) in [7, 11) is 0. The molecule has 2 fully saturated rings. The van der Waals surface area contributed by atoms with Crippen molar-refractivity contribution >= 4 is 18.3 Å². The van der Waals surface area contributed by atoms with E-state index in [1.54, 1.807) is 0 Å². The average Bonchev–Trinajstić information content (AvgIpc) is 2.61. The molecule has 0 bridgehead atoms. The maximum absolute atomic E-state index is 12.1. The summed E-state index contributed by atoms with van der Waals surface area (Å²) in [4.78, 5) is 12.1. The molecule has 2 saturated carbocycles. The third-order valence-corrected chi connectivity index (χ3v) is 4.64. The van der Waals surface area contributed by atoms with Crippen LogP contribution in [-0.4, -0.2) is 18.0 Å². The second kappa shape index (κ2) is 8.80. The maximum atomic E-state index is 12.1. The number of rotatable bonds is 3. The van der Waals surface area contributed by atoms with Crippen LogP contribution < -0.4 is 11.1 Å². The Balaban J connectivity index is 0.00000180. The zero-order valence-electron chi connectivity index (χ0n) is 11.9. The highest BCUT2D eigenvalue weighted by Crippen LogP contribution is 2.26. The van der Waals surface area contributed by atoms with Crippen molar-refractivity contribution in [2.24, 2.45) is 11.7 Å². The van der Waals surface area contributed by atoms with E-state index < -0.39 is 0 Å². The zero-order chi connectivity index (χ0) is 12.8. The summed E-state index contributed by atoms with van der Waals surface area (Å²) in [6.07, 6.45) is 12.9. The summed E-state index contributed by atoms with van der Waals surface area (Å²) in [6.45, 7) is 0. The first-order chi connectivity index (χ1) is 8.75. The zero-order valence-corrected chi connectivity index (χ0v) is 12.7. The molecule has 1 amide bonds. The number of halogens is 1. The predicted octanol–water partition coefficient (Wildman–Crippen LogP) is 3.15. The monoisotopic (exact) mass is 288 g/mol. The van der Waals surface area contributed by atoms with E-state index in [4.69, 9.17) is 5.73 Å². The van der Waals surface area contributed by atoms with Crippen LogP contribution in [0.3, 0.4) is 0 Å². The van der Waals surface area contributed by atoms with Gasteiger partial charge in [-0.2, -0.15) is 0 Å². The standard InChI is InChI=1S/C15H28N2O.ClH/c16-14-10-6-5-7-12(14)11-15(18)17-13-8-3-1-2-4-9-13;/h12-14H,1-11,16H2,(H,17,18);1H. The highest BCUT2D eigenvalue weighted by atomic mass is 35.5. The van der Waals surface area contributed by atoms with E-state index in [2.05, 4.69) is 5.32 Å². The molecule has 3 N–H and O–H groups in total. The van der Waals surface area contributed by atoms with Crippen LogP contribution in [0.4, 0.5) is 0 Å². The van der Waals surface area contributed by atoms with Gasteiger partial charge in [0.15, 0.2) is 0 Å². The number of amides is 1. The minimum atomic E-state index is 0. The molecule has 4 heteroatoms. The summed E-state index contributed by atoms with van der Waals surface area (Å²) in [5.74, 6) is 0.661. The van der Waals surface area contributed by atoms with Gasteiger partial charge in [-0.05, 0) is 31.6 Å². The van der Waals surface area contributed by atoms with Crippen LogP contribution in [0.2, 0.25) is 0 Å². The minimum Gasteiger partial charge on any atom is -0.353 e. The van der Waals surface area contributed by atoms with E-state index in [0.717, 1.165) is 12.8 Å². The molecule has 112 valence electrons. The Kier molecular flexibility index (Phi) is 7.77. The Hall–Kier alpha value is -0.280. The average molecular weight is 289 g/mol. The van der Waals surface area contributed by atoms with Crippen LogP contribution in [-0.2, 0) is 4.79 Å². The van der Waals surface area contributed by atoms with Gasteiger partial charge in [-0.25, -0.2) is 0 Å². The summed E-state index contributed by atoms with van der Waals surface area (Å²) < 4.78 is 0. The van der Waals surface area contributed by atoms with Gasteiger partial charge in [0.05, 0.1) is 0 Å². The van der Waals surface area contributed by atoms with Crippen LogP contribution >= 0.6 is 12.4 Å². The molecule has 3 nitrogen and oxygen atoms in total. The molecule has 2 aliphatic carbocycles. The molecule has 0 aromatic rings. The third-order valence-electron chi connectivity index (χ3n) is 4.64. The fourth-order valence-electron chi connectivity index (χ4n) is 3.44. The first kappa shape index (κ1) is 16.8. The van der Waals surface area contributed by atoms with Crippen LogP contribution in [0.5, 0.6) is 0 Å². The Bertz CT molecular complexity index is 265. The normalized spacial score (nSPS) is 29.1. The summed E-state index contributed by atoms with van der Waals surface area (Å²) >= 11 is 0. The molecule has 0 heterocycles. The minimum absolute atomic E-state index is 0. The van der Waals surface area contributed by atoms with Gasteiger partial charge in [0, 0.05) is 18.5 Å². The van der Waals surface area contributed by atoms with Gasteiger partial charge >= 0.3 is 0 Å². The van der Waals surface area contributed by atoms with Crippen molar-refractivity contribution in [1.82, 2.24) is 5.32 Å².